The van der Waals surface area contributed by atoms with Gasteiger partial charge in [-0.15, -0.1) is 0 Å². The van der Waals surface area contributed by atoms with Crippen molar-refractivity contribution in [2.75, 3.05) is 52.5 Å². The highest BCUT2D eigenvalue weighted by Gasteiger charge is 2.31. The highest BCUT2D eigenvalue weighted by atomic mass is 19.1. The number of ether oxygens (including phenoxy) is 1. The van der Waals surface area contributed by atoms with Crippen LogP contribution in [0.5, 0.6) is 0 Å². The Bertz CT molecular complexity index is 710. The summed E-state index contributed by atoms with van der Waals surface area (Å²) >= 11 is 0. The number of nitrogens with zero attached hydrogens (tertiary/aromatic N) is 3. The Kier molecular flexibility index (Phi) is 5.51. The molecule has 1 aromatic rings. The largest absolute Gasteiger partial charge is 0.378 e. The molecule has 2 saturated heterocycles. The molecule has 3 rings (SSSR count). The Morgan fingerprint density at radius 2 is 1.42 bits per heavy atom. The zero-order valence-corrected chi connectivity index (χ0v) is 14.7. The van der Waals surface area contributed by atoms with E-state index in [0.717, 1.165) is 0 Å². The van der Waals surface area contributed by atoms with Crippen LogP contribution in [0.3, 0.4) is 0 Å². The third kappa shape index (κ3) is 3.85. The van der Waals surface area contributed by atoms with Crippen molar-refractivity contribution in [3.8, 4) is 0 Å². The number of carbonyl (C=O) groups is 3. The molecule has 2 aliphatic heterocycles. The van der Waals surface area contributed by atoms with E-state index in [1.807, 2.05) is 0 Å². The lowest BCUT2D eigenvalue weighted by Gasteiger charge is -2.36. The number of morpholine rings is 1. The third-order valence-corrected chi connectivity index (χ3v) is 4.77. The summed E-state index contributed by atoms with van der Waals surface area (Å²) in [5, 5.41) is 0. The highest BCUT2D eigenvalue weighted by Crippen LogP contribution is 2.15. The normalized spacial score (nSPS) is 18.0. The first-order chi connectivity index (χ1) is 12.5. The van der Waals surface area contributed by atoms with Crippen molar-refractivity contribution in [2.24, 2.45) is 0 Å². The molecule has 0 atom stereocenters. The van der Waals surface area contributed by atoms with Gasteiger partial charge in [0.15, 0.2) is 0 Å². The molecule has 0 aliphatic carbocycles. The van der Waals surface area contributed by atoms with Crippen LogP contribution in [-0.2, 0) is 14.3 Å². The number of carbonyl (C=O) groups excluding carboxylic acids is 3. The summed E-state index contributed by atoms with van der Waals surface area (Å²) in [5.41, 5.74) is 1.03. The number of hydrogen-bond acceptors (Lipinski definition) is 4. The first kappa shape index (κ1) is 18.3. The number of rotatable bonds is 1. The van der Waals surface area contributed by atoms with Gasteiger partial charge in [0, 0.05) is 44.8 Å². The lowest BCUT2D eigenvalue weighted by atomic mass is 10.1. The molecule has 140 valence electrons. The quantitative estimate of drug-likeness (QED) is 0.672. The van der Waals surface area contributed by atoms with Gasteiger partial charge in [0.05, 0.1) is 13.2 Å². The van der Waals surface area contributed by atoms with Crippen LogP contribution in [-0.4, -0.2) is 84.9 Å². The van der Waals surface area contributed by atoms with Gasteiger partial charge in [-0.2, -0.15) is 0 Å². The van der Waals surface area contributed by atoms with Crippen LogP contribution in [0.4, 0.5) is 4.39 Å². The minimum Gasteiger partial charge on any atom is -0.378 e. The van der Waals surface area contributed by atoms with E-state index in [1.165, 1.54) is 21.9 Å². The van der Waals surface area contributed by atoms with Crippen molar-refractivity contribution in [3.05, 3.63) is 35.1 Å². The monoisotopic (exact) mass is 363 g/mol. The summed E-state index contributed by atoms with van der Waals surface area (Å²) in [4.78, 5) is 41.8. The number of hydrogen-bond donors (Lipinski definition) is 0. The van der Waals surface area contributed by atoms with E-state index in [-0.39, 0.29) is 19.0 Å². The van der Waals surface area contributed by atoms with Crippen molar-refractivity contribution in [2.45, 2.75) is 6.92 Å². The molecule has 26 heavy (non-hydrogen) atoms. The van der Waals surface area contributed by atoms with Gasteiger partial charge in [-0.3, -0.25) is 14.4 Å². The maximum absolute atomic E-state index is 13.4. The van der Waals surface area contributed by atoms with E-state index in [2.05, 4.69) is 0 Å². The average Bonchev–Trinajstić information content (AvgIpc) is 2.69. The molecule has 2 heterocycles. The predicted molar refractivity (Wildman–Crippen MR) is 91.0 cm³/mol. The summed E-state index contributed by atoms with van der Waals surface area (Å²) in [5.74, 6) is -1.77. The smallest absolute Gasteiger partial charge is 0.312 e. The lowest BCUT2D eigenvalue weighted by Crippen LogP contribution is -2.55. The molecule has 0 radical (unpaired) electrons. The van der Waals surface area contributed by atoms with Crippen LogP contribution >= 0.6 is 0 Å². The van der Waals surface area contributed by atoms with E-state index in [0.29, 0.717) is 50.5 Å². The molecule has 0 bridgehead atoms. The Morgan fingerprint density at radius 3 is 2.04 bits per heavy atom. The first-order valence-electron chi connectivity index (χ1n) is 8.68. The lowest BCUT2D eigenvalue weighted by molar-refractivity contribution is -0.154. The third-order valence-electron chi connectivity index (χ3n) is 4.77. The fraction of sp³-hybridized carbons (Fsp3) is 0.500. The van der Waals surface area contributed by atoms with Gasteiger partial charge < -0.3 is 19.4 Å². The van der Waals surface area contributed by atoms with Crippen LogP contribution in [0.2, 0.25) is 0 Å². The fourth-order valence-electron chi connectivity index (χ4n) is 3.14. The summed E-state index contributed by atoms with van der Waals surface area (Å²) in [6.07, 6.45) is 0. The Balaban J connectivity index is 1.58. The van der Waals surface area contributed by atoms with Crippen molar-refractivity contribution in [1.82, 2.24) is 14.7 Å². The molecule has 0 spiro atoms. The second kappa shape index (κ2) is 7.82. The fourth-order valence-corrected chi connectivity index (χ4v) is 3.14. The van der Waals surface area contributed by atoms with Gasteiger partial charge in [-0.1, -0.05) is 6.07 Å². The zero-order chi connectivity index (χ0) is 18.7. The standard InChI is InChI=1S/C18H22FN3O4/c1-13-2-3-14(19)12-15(13)16(23)20-4-6-21(7-5-20)17(24)18(25)22-8-10-26-11-9-22/h2-3,12H,4-11H2,1H3. The molecule has 0 unspecified atom stereocenters. The van der Waals surface area contributed by atoms with Gasteiger partial charge >= 0.3 is 11.8 Å². The molecule has 0 N–H and O–H groups in total. The number of aryl methyl sites for hydroxylation is 1. The van der Waals surface area contributed by atoms with E-state index >= 15 is 0 Å². The molecule has 1 aromatic carbocycles. The van der Waals surface area contributed by atoms with E-state index in [4.69, 9.17) is 4.74 Å². The van der Waals surface area contributed by atoms with E-state index in [1.54, 1.807) is 17.9 Å². The minimum atomic E-state index is -0.541. The Labute approximate surface area is 151 Å². The SMILES string of the molecule is Cc1ccc(F)cc1C(=O)N1CCN(C(=O)C(=O)N2CCOCC2)CC1. The molecular formula is C18H22FN3O4. The van der Waals surface area contributed by atoms with Crippen molar-refractivity contribution < 1.29 is 23.5 Å². The second-order valence-corrected chi connectivity index (χ2v) is 6.45. The van der Waals surface area contributed by atoms with E-state index in [9.17, 15) is 18.8 Å². The molecule has 0 saturated carbocycles. The highest BCUT2D eigenvalue weighted by molar-refractivity contribution is 6.34. The summed E-state index contributed by atoms with van der Waals surface area (Å²) in [6, 6.07) is 4.13. The number of amides is 3. The van der Waals surface area contributed by atoms with Crippen molar-refractivity contribution >= 4 is 17.7 Å². The maximum atomic E-state index is 13.4. The topological polar surface area (TPSA) is 70.2 Å². The molecule has 2 fully saturated rings. The molecule has 8 heteroatoms. The molecule has 3 amide bonds. The van der Waals surface area contributed by atoms with Crippen LogP contribution in [0, 0.1) is 12.7 Å². The molecule has 2 aliphatic rings. The van der Waals surface area contributed by atoms with Crippen molar-refractivity contribution in [1.29, 1.82) is 0 Å². The molecule has 0 aromatic heterocycles. The zero-order valence-electron chi connectivity index (χ0n) is 14.7. The maximum Gasteiger partial charge on any atom is 0.312 e. The van der Waals surface area contributed by atoms with Crippen LogP contribution < -0.4 is 0 Å². The van der Waals surface area contributed by atoms with E-state index < -0.39 is 17.6 Å². The average molecular weight is 363 g/mol. The van der Waals surface area contributed by atoms with Gasteiger partial charge in [-0.05, 0) is 24.6 Å². The molecule has 7 nitrogen and oxygen atoms in total. The van der Waals surface area contributed by atoms with Gasteiger partial charge in [0.2, 0.25) is 0 Å². The van der Waals surface area contributed by atoms with Crippen LogP contribution in [0.25, 0.3) is 0 Å². The van der Waals surface area contributed by atoms with Crippen LogP contribution in [0.1, 0.15) is 15.9 Å². The number of piperazine rings is 1. The van der Waals surface area contributed by atoms with Gasteiger partial charge in [0.25, 0.3) is 5.91 Å². The second-order valence-electron chi connectivity index (χ2n) is 6.45. The summed E-state index contributed by atoms with van der Waals surface area (Å²) in [6.45, 7) is 4.68. The predicted octanol–water partition coefficient (Wildman–Crippen LogP) is 0.277. The number of halogens is 1. The minimum absolute atomic E-state index is 0.256. The molecular weight excluding hydrogens is 341 g/mol. The van der Waals surface area contributed by atoms with Crippen molar-refractivity contribution in [3.63, 3.8) is 0 Å². The summed E-state index contributed by atoms with van der Waals surface area (Å²) in [7, 11) is 0. The Hall–Kier alpha value is -2.48. The van der Waals surface area contributed by atoms with Crippen LogP contribution in [0.15, 0.2) is 18.2 Å². The van der Waals surface area contributed by atoms with Gasteiger partial charge in [0.1, 0.15) is 5.82 Å². The van der Waals surface area contributed by atoms with Gasteiger partial charge in [-0.25, -0.2) is 4.39 Å². The summed E-state index contributed by atoms with van der Waals surface area (Å²) < 4.78 is 18.6. The number of benzene rings is 1. The first-order valence-corrected chi connectivity index (χ1v) is 8.68. The Morgan fingerprint density at radius 1 is 0.885 bits per heavy atom.